The quantitative estimate of drug-likeness (QED) is 0.0641. The van der Waals surface area contributed by atoms with Crippen LogP contribution in [0.2, 0.25) is 0 Å². The molecule has 0 aromatic heterocycles. The van der Waals surface area contributed by atoms with Gasteiger partial charge in [-0.05, 0) is 95.4 Å². The molecule has 53 heavy (non-hydrogen) atoms. The highest BCUT2D eigenvalue weighted by Crippen LogP contribution is 2.22. The van der Waals surface area contributed by atoms with Crippen LogP contribution in [-0.4, -0.2) is 152 Å². The van der Waals surface area contributed by atoms with E-state index >= 15 is 0 Å². The maximum Gasteiger partial charge on any atom is 0.311 e. The number of hydroxylamine groups is 6. The molecule has 0 bridgehead atoms. The molecule has 1 unspecified atom stereocenters. The van der Waals surface area contributed by atoms with Crippen molar-refractivity contribution in [3.63, 3.8) is 0 Å². The van der Waals surface area contributed by atoms with Gasteiger partial charge in [-0.15, -0.1) is 0 Å². The molecule has 0 aliphatic heterocycles. The van der Waals surface area contributed by atoms with Crippen LogP contribution in [0.25, 0.3) is 0 Å². The van der Waals surface area contributed by atoms with E-state index in [0.29, 0.717) is 26.3 Å². The van der Waals surface area contributed by atoms with Crippen LogP contribution in [0.4, 0.5) is 0 Å². The van der Waals surface area contributed by atoms with Gasteiger partial charge in [-0.1, -0.05) is 34.6 Å². The molecule has 0 N–H and O–H groups in total. The maximum absolute atomic E-state index is 11.5. The lowest BCUT2D eigenvalue weighted by Crippen LogP contribution is -2.37. The standard InChI is InChI=1S/2C10H21NO3.C10H21NO2.C9H19NO2/c2*1-6-10(2,3)9(12)14-8-7-11(4,5)13;1-6-10(2,3)9(12)13-8-7-11(4)5;1-5-8(2)9(11)12-7-6-10(3)4/h2*6-8H2,1-5H3;6-8H2,1-5H3;8H,5-7H2,1-4H3. The fraction of sp³-hybridized carbons (Fsp3) is 0.897. The molecule has 0 radical (unpaired) electrons. The first-order valence-electron chi connectivity index (χ1n) is 18.9. The van der Waals surface area contributed by atoms with Crippen molar-refractivity contribution in [1.29, 1.82) is 0 Å². The summed E-state index contributed by atoms with van der Waals surface area (Å²) in [5.41, 5.74) is -1.23. The summed E-state index contributed by atoms with van der Waals surface area (Å²) in [6, 6.07) is 0. The molecule has 318 valence electrons. The molecule has 14 nitrogen and oxygen atoms in total. The van der Waals surface area contributed by atoms with Crippen molar-refractivity contribution in [1.82, 2.24) is 9.80 Å². The minimum Gasteiger partial charge on any atom is -0.633 e. The van der Waals surface area contributed by atoms with E-state index in [9.17, 15) is 29.6 Å². The van der Waals surface area contributed by atoms with E-state index in [-0.39, 0.29) is 48.4 Å². The maximum atomic E-state index is 11.5. The first kappa shape index (κ1) is 57.4. The molecule has 0 amide bonds. The Hall–Kier alpha value is -2.36. The zero-order valence-corrected chi connectivity index (χ0v) is 37.4. The van der Waals surface area contributed by atoms with Crippen LogP contribution in [0.15, 0.2) is 0 Å². The van der Waals surface area contributed by atoms with Crippen molar-refractivity contribution in [3.8, 4) is 0 Å². The number of likely N-dealkylation sites (N-methyl/N-ethyl adjacent to an activating group) is 4. The fourth-order valence-electron chi connectivity index (χ4n) is 2.69. The van der Waals surface area contributed by atoms with Crippen LogP contribution in [0.3, 0.4) is 0 Å². The van der Waals surface area contributed by atoms with E-state index in [1.54, 1.807) is 0 Å². The summed E-state index contributed by atoms with van der Waals surface area (Å²) < 4.78 is 19.3. The van der Waals surface area contributed by atoms with Crippen molar-refractivity contribution in [2.75, 3.05) is 109 Å². The molecule has 0 aliphatic rings. The summed E-state index contributed by atoms with van der Waals surface area (Å²) >= 11 is 0. The molecule has 0 fully saturated rings. The number of carbonyl (C=O) groups is 4. The number of ether oxygens (including phenoxy) is 4. The minimum atomic E-state index is -0.444. The van der Waals surface area contributed by atoms with Gasteiger partial charge >= 0.3 is 23.9 Å². The van der Waals surface area contributed by atoms with E-state index in [4.69, 9.17) is 18.9 Å². The van der Waals surface area contributed by atoms with Gasteiger partial charge in [-0.25, -0.2) is 0 Å². The predicted octanol–water partition coefficient (Wildman–Crippen LogP) is 5.74. The Balaban J connectivity index is -0.000000303. The Morgan fingerprint density at radius 2 is 0.811 bits per heavy atom. The Bertz CT molecular complexity index is 957. The van der Waals surface area contributed by atoms with Gasteiger partial charge in [-0.2, -0.15) is 0 Å². The lowest BCUT2D eigenvalue weighted by Gasteiger charge is -2.33. The van der Waals surface area contributed by atoms with Gasteiger partial charge in [0, 0.05) is 13.1 Å². The second-order valence-electron chi connectivity index (χ2n) is 16.8. The molecule has 1 atom stereocenters. The number of rotatable bonds is 20. The van der Waals surface area contributed by atoms with Crippen LogP contribution in [-0.2, 0) is 38.1 Å². The molecule has 0 spiro atoms. The van der Waals surface area contributed by atoms with Gasteiger partial charge in [-0.3, -0.25) is 19.2 Å². The summed E-state index contributed by atoms with van der Waals surface area (Å²) in [5.74, 6) is -0.606. The minimum absolute atomic E-state index is 0.0344. The molecule has 14 heteroatoms. The highest BCUT2D eigenvalue weighted by molar-refractivity contribution is 5.76. The van der Waals surface area contributed by atoms with Gasteiger partial charge in [0.1, 0.15) is 39.5 Å². The van der Waals surface area contributed by atoms with Crippen molar-refractivity contribution in [2.24, 2.45) is 22.2 Å². The van der Waals surface area contributed by atoms with Crippen molar-refractivity contribution >= 4 is 23.9 Å². The van der Waals surface area contributed by atoms with Gasteiger partial charge < -0.3 is 48.5 Å². The summed E-state index contributed by atoms with van der Waals surface area (Å²) in [5, 5.41) is 22.3. The van der Waals surface area contributed by atoms with E-state index in [1.807, 2.05) is 114 Å². The van der Waals surface area contributed by atoms with Gasteiger partial charge in [0.25, 0.3) is 0 Å². The zero-order valence-electron chi connectivity index (χ0n) is 37.4. The molecular weight excluding hydrogens is 684 g/mol. The summed E-state index contributed by atoms with van der Waals surface area (Å²) in [4.78, 5) is 49.4. The van der Waals surface area contributed by atoms with Crippen molar-refractivity contribution in [3.05, 3.63) is 10.4 Å². The Morgan fingerprint density at radius 3 is 1.04 bits per heavy atom. The number of quaternary nitrogens is 2. The second kappa shape index (κ2) is 28.1. The molecule has 0 heterocycles. The van der Waals surface area contributed by atoms with Crippen LogP contribution in [0, 0.1) is 32.6 Å². The molecule has 0 saturated heterocycles. The predicted molar refractivity (Wildman–Crippen MR) is 213 cm³/mol. The Morgan fingerprint density at radius 1 is 0.547 bits per heavy atom. The highest BCUT2D eigenvalue weighted by atomic mass is 16.6. The molecular formula is C39H82N4O10. The monoisotopic (exact) mass is 767 g/mol. The van der Waals surface area contributed by atoms with E-state index in [0.717, 1.165) is 38.8 Å². The third kappa shape index (κ3) is 35.1. The number of carbonyl (C=O) groups excluding carboxylic acids is 4. The first-order valence-corrected chi connectivity index (χ1v) is 18.9. The lowest BCUT2D eigenvalue weighted by molar-refractivity contribution is -0.840. The van der Waals surface area contributed by atoms with Gasteiger partial charge in [0.15, 0.2) is 0 Å². The van der Waals surface area contributed by atoms with Crippen LogP contribution < -0.4 is 0 Å². The Kier molecular flexibility index (Phi) is 30.4. The lowest BCUT2D eigenvalue weighted by atomic mass is 9.91. The van der Waals surface area contributed by atoms with E-state index in [2.05, 4.69) is 0 Å². The second-order valence-corrected chi connectivity index (χ2v) is 16.8. The smallest absolute Gasteiger partial charge is 0.311 e. The number of nitrogens with zero attached hydrogens (tertiary/aromatic N) is 4. The first-order chi connectivity index (χ1) is 23.8. The summed E-state index contributed by atoms with van der Waals surface area (Å²) in [6.07, 6.45) is 3.14. The van der Waals surface area contributed by atoms with E-state index in [1.165, 1.54) is 28.2 Å². The summed E-state index contributed by atoms with van der Waals surface area (Å²) in [6.45, 7) is 24.5. The average molecular weight is 767 g/mol. The Labute approximate surface area is 324 Å². The zero-order chi connectivity index (χ0) is 42.9. The number of hydrogen-bond donors (Lipinski definition) is 0. The largest absolute Gasteiger partial charge is 0.633 e. The fourth-order valence-corrected chi connectivity index (χ4v) is 2.69. The third-order valence-corrected chi connectivity index (χ3v) is 8.60. The molecule has 0 aromatic rings. The third-order valence-electron chi connectivity index (χ3n) is 8.60. The SMILES string of the molecule is CCC(C)(C)C(=O)OCCN(C)C.CCC(C)(C)C(=O)OCC[N+](C)(C)[O-].CCC(C)(C)C(=O)OCC[N+](C)(C)[O-].CCC(C)C(=O)OCCN(C)C. The molecule has 0 rings (SSSR count). The van der Waals surface area contributed by atoms with Crippen LogP contribution >= 0.6 is 0 Å². The highest BCUT2D eigenvalue weighted by Gasteiger charge is 2.28. The topological polar surface area (TPSA) is 158 Å². The van der Waals surface area contributed by atoms with Gasteiger partial charge in [0.05, 0.1) is 50.4 Å². The van der Waals surface area contributed by atoms with Crippen molar-refractivity contribution in [2.45, 2.75) is 102 Å². The number of esters is 4. The summed E-state index contributed by atoms with van der Waals surface area (Å²) in [7, 11) is 13.9. The van der Waals surface area contributed by atoms with Crippen LogP contribution in [0.1, 0.15) is 102 Å². The number of hydrogen-bond acceptors (Lipinski definition) is 12. The normalized spacial score (nSPS) is 12.6. The molecule has 0 aliphatic carbocycles. The van der Waals surface area contributed by atoms with Crippen molar-refractivity contribution < 1.29 is 47.4 Å². The average Bonchev–Trinajstić information content (AvgIpc) is 3.03. The van der Waals surface area contributed by atoms with E-state index < -0.39 is 20.1 Å². The molecule has 0 aromatic carbocycles. The van der Waals surface area contributed by atoms with Crippen LogP contribution in [0.5, 0.6) is 0 Å². The van der Waals surface area contributed by atoms with Gasteiger partial charge in [0.2, 0.25) is 0 Å². The molecule has 0 saturated carbocycles.